The van der Waals surface area contributed by atoms with Crippen molar-refractivity contribution >= 4 is 9.84 Å². The summed E-state index contributed by atoms with van der Waals surface area (Å²) in [5, 5.41) is 0. The van der Waals surface area contributed by atoms with Crippen molar-refractivity contribution < 1.29 is 13.2 Å². The highest BCUT2D eigenvalue weighted by Gasteiger charge is 2.31. The average molecular weight is 319 g/mol. The average Bonchev–Trinajstić information content (AvgIpc) is 3.08. The number of hydrogen-bond acceptors (Lipinski definition) is 4. The van der Waals surface area contributed by atoms with Gasteiger partial charge in [-0.15, -0.1) is 6.42 Å². The first-order valence-corrected chi connectivity index (χ1v) is 9.52. The summed E-state index contributed by atoms with van der Waals surface area (Å²) < 4.78 is 28.8. The molecule has 5 heteroatoms. The molecule has 0 unspecified atom stereocenters. The van der Waals surface area contributed by atoms with Crippen LogP contribution in [-0.4, -0.2) is 50.6 Å². The van der Waals surface area contributed by atoms with Gasteiger partial charge in [0.2, 0.25) is 0 Å². The molecule has 2 aliphatic heterocycles. The van der Waals surface area contributed by atoms with Crippen molar-refractivity contribution in [3.8, 4) is 18.1 Å². The maximum atomic E-state index is 11.7. The predicted molar refractivity (Wildman–Crippen MR) is 86.8 cm³/mol. The van der Waals surface area contributed by atoms with E-state index in [-0.39, 0.29) is 17.5 Å². The molecule has 1 atom stereocenters. The number of terminal acetylenes is 1. The summed E-state index contributed by atoms with van der Waals surface area (Å²) in [6.45, 7) is 2.07. The third-order valence-corrected chi connectivity index (χ3v) is 6.21. The Bertz CT molecular complexity index is 690. The second-order valence-electron chi connectivity index (χ2n) is 6.02. The van der Waals surface area contributed by atoms with Crippen LogP contribution in [0, 0.1) is 12.3 Å². The summed E-state index contributed by atoms with van der Waals surface area (Å²) in [7, 11) is -2.88. The molecule has 2 aliphatic rings. The molecule has 1 saturated heterocycles. The van der Waals surface area contributed by atoms with Crippen molar-refractivity contribution in [2.75, 3.05) is 31.2 Å². The lowest BCUT2D eigenvalue weighted by atomic mass is 10.1. The van der Waals surface area contributed by atoms with E-state index in [1.165, 1.54) is 11.1 Å². The van der Waals surface area contributed by atoms with Crippen LogP contribution in [0.5, 0.6) is 5.75 Å². The SMILES string of the molecule is C#CCN(CCc1ccc2c(c1)CCO2)[C@H]1CCS(=O)(=O)C1. The first kappa shape index (κ1) is 15.4. The lowest BCUT2D eigenvalue weighted by Gasteiger charge is -2.25. The number of sulfone groups is 1. The van der Waals surface area contributed by atoms with Crippen molar-refractivity contribution in [1.82, 2.24) is 4.90 Å². The maximum absolute atomic E-state index is 11.7. The molecule has 0 radical (unpaired) electrons. The van der Waals surface area contributed by atoms with E-state index in [1.54, 1.807) is 0 Å². The third-order valence-electron chi connectivity index (χ3n) is 4.46. The van der Waals surface area contributed by atoms with Crippen molar-refractivity contribution in [3.63, 3.8) is 0 Å². The maximum Gasteiger partial charge on any atom is 0.151 e. The van der Waals surface area contributed by atoms with Crippen molar-refractivity contribution in [2.24, 2.45) is 0 Å². The fourth-order valence-electron chi connectivity index (χ4n) is 3.24. The van der Waals surface area contributed by atoms with Gasteiger partial charge in [0.1, 0.15) is 5.75 Å². The highest BCUT2D eigenvalue weighted by molar-refractivity contribution is 7.91. The zero-order valence-electron chi connectivity index (χ0n) is 12.6. The minimum absolute atomic E-state index is 0.0683. The van der Waals surface area contributed by atoms with Crippen LogP contribution < -0.4 is 4.74 Å². The van der Waals surface area contributed by atoms with Gasteiger partial charge in [-0.2, -0.15) is 0 Å². The van der Waals surface area contributed by atoms with E-state index in [0.717, 1.165) is 31.7 Å². The van der Waals surface area contributed by atoms with E-state index < -0.39 is 9.84 Å². The van der Waals surface area contributed by atoms with Gasteiger partial charge >= 0.3 is 0 Å². The minimum Gasteiger partial charge on any atom is -0.493 e. The number of ether oxygens (including phenoxy) is 1. The van der Waals surface area contributed by atoms with Crippen LogP contribution in [0.2, 0.25) is 0 Å². The Morgan fingerprint density at radius 1 is 1.41 bits per heavy atom. The zero-order valence-corrected chi connectivity index (χ0v) is 13.4. The summed E-state index contributed by atoms with van der Waals surface area (Å²) in [5.74, 6) is 4.18. The molecule has 1 aromatic rings. The fourth-order valence-corrected chi connectivity index (χ4v) is 5.00. The van der Waals surface area contributed by atoms with Gasteiger partial charge in [-0.3, -0.25) is 4.90 Å². The summed E-state index contributed by atoms with van der Waals surface area (Å²) in [5.41, 5.74) is 2.52. The summed E-state index contributed by atoms with van der Waals surface area (Å²) in [6.07, 6.45) is 8.00. The van der Waals surface area contributed by atoms with E-state index in [0.29, 0.717) is 13.0 Å². The zero-order chi connectivity index (χ0) is 15.6. The van der Waals surface area contributed by atoms with Crippen molar-refractivity contribution in [2.45, 2.75) is 25.3 Å². The van der Waals surface area contributed by atoms with Gasteiger partial charge in [-0.25, -0.2) is 8.42 Å². The number of benzene rings is 1. The summed E-state index contributed by atoms with van der Waals surface area (Å²) in [6, 6.07) is 6.38. The number of fused-ring (bicyclic) bond motifs is 1. The molecule has 0 saturated carbocycles. The first-order valence-electron chi connectivity index (χ1n) is 7.70. The van der Waals surface area contributed by atoms with E-state index in [2.05, 4.69) is 23.0 Å². The molecule has 22 heavy (non-hydrogen) atoms. The van der Waals surface area contributed by atoms with Gasteiger partial charge < -0.3 is 4.74 Å². The first-order chi connectivity index (χ1) is 10.6. The largest absolute Gasteiger partial charge is 0.493 e. The molecule has 0 spiro atoms. The van der Waals surface area contributed by atoms with Crippen LogP contribution >= 0.6 is 0 Å². The van der Waals surface area contributed by atoms with E-state index in [1.807, 2.05) is 6.07 Å². The van der Waals surface area contributed by atoms with E-state index >= 15 is 0 Å². The molecule has 0 N–H and O–H groups in total. The monoisotopic (exact) mass is 319 g/mol. The summed E-state index contributed by atoms with van der Waals surface area (Å²) >= 11 is 0. The Kier molecular flexibility index (Phi) is 4.42. The van der Waals surface area contributed by atoms with Crippen molar-refractivity contribution in [1.29, 1.82) is 0 Å². The van der Waals surface area contributed by atoms with Crippen molar-refractivity contribution in [3.05, 3.63) is 29.3 Å². The lowest BCUT2D eigenvalue weighted by molar-refractivity contribution is 0.242. The standard InChI is InChI=1S/C17H21NO3S/c1-2-8-18(16-7-11-22(19,20)13-16)9-5-14-3-4-17-15(12-14)6-10-21-17/h1,3-4,12,16H,5-11,13H2/t16-/m0/s1. The fraction of sp³-hybridized carbons (Fsp3) is 0.529. The molecule has 3 rings (SSSR count). The van der Waals surface area contributed by atoms with Gasteiger partial charge in [-0.05, 0) is 30.0 Å². The van der Waals surface area contributed by atoms with Crippen LogP contribution in [0.15, 0.2) is 18.2 Å². The second kappa shape index (κ2) is 6.31. The van der Waals surface area contributed by atoms with Crippen LogP contribution in [-0.2, 0) is 22.7 Å². The molecule has 118 valence electrons. The molecule has 0 aromatic heterocycles. The second-order valence-corrected chi connectivity index (χ2v) is 8.25. The molecule has 1 fully saturated rings. The Morgan fingerprint density at radius 2 is 2.27 bits per heavy atom. The van der Waals surface area contributed by atoms with Gasteiger partial charge in [0.25, 0.3) is 0 Å². The van der Waals surface area contributed by atoms with E-state index in [4.69, 9.17) is 11.2 Å². The van der Waals surface area contributed by atoms with Crippen LogP contribution in [0.25, 0.3) is 0 Å². The van der Waals surface area contributed by atoms with Crippen LogP contribution in [0.3, 0.4) is 0 Å². The molecule has 1 aromatic carbocycles. The highest BCUT2D eigenvalue weighted by Crippen LogP contribution is 2.26. The molecule has 2 heterocycles. The number of nitrogens with zero attached hydrogens (tertiary/aromatic N) is 1. The summed E-state index contributed by atoms with van der Waals surface area (Å²) in [4.78, 5) is 2.13. The Hall–Kier alpha value is -1.51. The molecule has 0 bridgehead atoms. The normalized spacial score (nSPS) is 22.3. The minimum atomic E-state index is -2.88. The van der Waals surface area contributed by atoms with Gasteiger partial charge in [0.05, 0.1) is 24.7 Å². The Morgan fingerprint density at radius 3 is 3.00 bits per heavy atom. The molecule has 0 aliphatic carbocycles. The lowest BCUT2D eigenvalue weighted by Crippen LogP contribution is -2.38. The Balaban J connectivity index is 1.63. The topological polar surface area (TPSA) is 46.6 Å². The smallest absolute Gasteiger partial charge is 0.151 e. The number of hydrogen-bond donors (Lipinski definition) is 0. The molecular formula is C17H21NO3S. The molecule has 4 nitrogen and oxygen atoms in total. The van der Waals surface area contributed by atoms with E-state index in [9.17, 15) is 8.42 Å². The Labute approximate surface area is 132 Å². The molecular weight excluding hydrogens is 298 g/mol. The number of rotatable bonds is 5. The van der Waals surface area contributed by atoms with Gasteiger partial charge in [0.15, 0.2) is 9.84 Å². The third kappa shape index (κ3) is 3.45. The van der Waals surface area contributed by atoms with Gasteiger partial charge in [-0.1, -0.05) is 18.1 Å². The molecule has 0 amide bonds. The highest BCUT2D eigenvalue weighted by atomic mass is 32.2. The quantitative estimate of drug-likeness (QED) is 0.767. The van der Waals surface area contributed by atoms with Gasteiger partial charge in [0, 0.05) is 19.0 Å². The van der Waals surface area contributed by atoms with Crippen LogP contribution in [0.1, 0.15) is 17.5 Å². The predicted octanol–water partition coefficient (Wildman–Crippen LogP) is 1.29. The van der Waals surface area contributed by atoms with Crippen LogP contribution in [0.4, 0.5) is 0 Å².